The molecule has 0 N–H and O–H groups in total. The fraction of sp³-hybridized carbons (Fsp3) is 0.350. The third-order valence-corrected chi connectivity index (χ3v) is 4.48. The van der Waals surface area contributed by atoms with Crippen LogP contribution in [0.1, 0.15) is 24.0 Å². The second-order valence-corrected chi connectivity index (χ2v) is 6.11. The summed E-state index contributed by atoms with van der Waals surface area (Å²) in [4.78, 5) is 14.5. The first kappa shape index (κ1) is 17.3. The summed E-state index contributed by atoms with van der Waals surface area (Å²) in [6.45, 7) is 3.00. The van der Waals surface area contributed by atoms with Gasteiger partial charge < -0.3 is 14.4 Å². The highest BCUT2D eigenvalue weighted by Crippen LogP contribution is 2.38. The number of ether oxygens (including phenoxy) is 2. The molecule has 0 fully saturated rings. The summed E-state index contributed by atoms with van der Waals surface area (Å²) in [5.41, 5.74) is 3.25. The summed E-state index contributed by atoms with van der Waals surface area (Å²) in [5.74, 6) is 0.984. The minimum absolute atomic E-state index is 0.00645. The predicted octanol–water partition coefficient (Wildman–Crippen LogP) is 3.89. The Morgan fingerprint density at radius 2 is 1.96 bits per heavy atom. The van der Waals surface area contributed by atoms with E-state index in [2.05, 4.69) is 6.92 Å². The number of fused-ring (bicyclic) bond motifs is 1. The molecule has 0 radical (unpaired) electrons. The minimum Gasteiger partial charge on any atom is -0.495 e. The van der Waals surface area contributed by atoms with E-state index >= 15 is 0 Å². The normalized spacial score (nSPS) is 13.3. The highest BCUT2D eigenvalue weighted by Gasteiger charge is 2.26. The van der Waals surface area contributed by atoms with Gasteiger partial charge in [0.1, 0.15) is 17.3 Å². The zero-order chi connectivity index (χ0) is 17.8. The highest BCUT2D eigenvalue weighted by atomic mass is 19.1. The number of hydrogen-bond donors (Lipinski definition) is 0. The van der Waals surface area contributed by atoms with Gasteiger partial charge in [0.15, 0.2) is 0 Å². The number of aryl methyl sites for hydroxylation is 1. The Morgan fingerprint density at radius 1 is 1.20 bits per heavy atom. The summed E-state index contributed by atoms with van der Waals surface area (Å²) in [5, 5.41) is 0. The smallest absolute Gasteiger partial charge is 0.230 e. The molecule has 0 unspecified atom stereocenters. The largest absolute Gasteiger partial charge is 0.495 e. The fourth-order valence-electron chi connectivity index (χ4n) is 3.19. The van der Waals surface area contributed by atoms with E-state index in [0.717, 1.165) is 24.3 Å². The maximum atomic E-state index is 12.9. The molecule has 1 aliphatic heterocycles. The zero-order valence-electron chi connectivity index (χ0n) is 14.5. The van der Waals surface area contributed by atoms with Gasteiger partial charge in [-0.1, -0.05) is 6.07 Å². The summed E-state index contributed by atoms with van der Waals surface area (Å²) in [6, 6.07) is 9.74. The van der Waals surface area contributed by atoms with Crippen molar-refractivity contribution in [1.82, 2.24) is 0 Å². The molecule has 0 saturated heterocycles. The van der Waals surface area contributed by atoms with Gasteiger partial charge in [-0.15, -0.1) is 0 Å². The number of amides is 1. The molecule has 132 valence electrons. The topological polar surface area (TPSA) is 38.8 Å². The monoisotopic (exact) mass is 343 g/mol. The maximum Gasteiger partial charge on any atom is 0.230 e. The summed E-state index contributed by atoms with van der Waals surface area (Å²) in [6.07, 6.45) is 2.15. The molecule has 2 aromatic rings. The maximum absolute atomic E-state index is 12.9. The van der Waals surface area contributed by atoms with Crippen LogP contribution < -0.4 is 14.4 Å². The van der Waals surface area contributed by atoms with Crippen LogP contribution in [0.3, 0.4) is 0 Å². The van der Waals surface area contributed by atoms with Crippen molar-refractivity contribution < 1.29 is 18.7 Å². The Labute approximate surface area is 147 Å². The van der Waals surface area contributed by atoms with Gasteiger partial charge in [-0.25, -0.2) is 4.39 Å². The lowest BCUT2D eigenvalue weighted by atomic mass is 9.96. The van der Waals surface area contributed by atoms with Crippen LogP contribution in [0.15, 0.2) is 36.4 Å². The Balaban J connectivity index is 1.69. The lowest BCUT2D eigenvalue weighted by Gasteiger charge is -2.32. The van der Waals surface area contributed by atoms with E-state index in [1.54, 1.807) is 24.1 Å². The van der Waals surface area contributed by atoms with Crippen molar-refractivity contribution >= 4 is 11.6 Å². The molecule has 25 heavy (non-hydrogen) atoms. The lowest BCUT2D eigenvalue weighted by molar-refractivity contribution is -0.119. The Morgan fingerprint density at radius 3 is 2.68 bits per heavy atom. The highest BCUT2D eigenvalue weighted by molar-refractivity contribution is 5.96. The molecular formula is C20H22FNO3. The molecule has 2 aromatic carbocycles. The molecule has 0 aromatic heterocycles. The molecule has 1 heterocycles. The van der Waals surface area contributed by atoms with Crippen molar-refractivity contribution in [1.29, 1.82) is 0 Å². The molecule has 5 heteroatoms. The molecular weight excluding hydrogens is 321 g/mol. The van der Waals surface area contributed by atoms with Crippen LogP contribution in [0.25, 0.3) is 0 Å². The number of carbonyl (C=O) groups is 1. The van der Waals surface area contributed by atoms with E-state index in [1.165, 1.54) is 23.3 Å². The number of nitrogens with zero attached hydrogens (tertiary/aromatic N) is 1. The standard InChI is InChI=1S/C20H22FNO3/c1-14-5-10-18(24-2)20-17(14)4-3-12-22(20)19(23)11-13-25-16-8-6-15(21)7-9-16/h5-10H,3-4,11-13H2,1-2H3. The average molecular weight is 343 g/mol. The van der Waals surface area contributed by atoms with Crippen molar-refractivity contribution in [3.05, 3.63) is 53.3 Å². The predicted molar refractivity (Wildman–Crippen MR) is 94.9 cm³/mol. The van der Waals surface area contributed by atoms with Gasteiger partial charge in [0.25, 0.3) is 0 Å². The van der Waals surface area contributed by atoms with Crippen LogP contribution in [0, 0.1) is 12.7 Å². The fourth-order valence-corrected chi connectivity index (χ4v) is 3.19. The van der Waals surface area contributed by atoms with Crippen LogP contribution in [0.5, 0.6) is 11.5 Å². The van der Waals surface area contributed by atoms with Crippen molar-refractivity contribution in [2.24, 2.45) is 0 Å². The number of hydrogen-bond acceptors (Lipinski definition) is 3. The number of benzene rings is 2. The number of anilines is 1. The molecule has 4 nitrogen and oxygen atoms in total. The Hall–Kier alpha value is -2.56. The van der Waals surface area contributed by atoms with Gasteiger partial charge in [0.2, 0.25) is 5.91 Å². The Kier molecular flexibility index (Phi) is 5.22. The summed E-state index contributed by atoms with van der Waals surface area (Å²) < 4.78 is 23.9. The van der Waals surface area contributed by atoms with Crippen LogP contribution in [-0.2, 0) is 11.2 Å². The molecule has 0 aliphatic carbocycles. The van der Waals surface area contributed by atoms with Crippen molar-refractivity contribution in [3.8, 4) is 11.5 Å². The van der Waals surface area contributed by atoms with Gasteiger partial charge in [-0.2, -0.15) is 0 Å². The number of rotatable bonds is 5. The zero-order valence-corrected chi connectivity index (χ0v) is 14.5. The SMILES string of the molecule is COc1ccc(C)c2c1N(C(=O)CCOc1ccc(F)cc1)CCC2. The molecule has 0 saturated carbocycles. The second-order valence-electron chi connectivity index (χ2n) is 6.11. The number of carbonyl (C=O) groups excluding carboxylic acids is 1. The van der Waals surface area contributed by atoms with Crippen LogP contribution in [0.4, 0.5) is 10.1 Å². The molecule has 1 amide bonds. The third-order valence-electron chi connectivity index (χ3n) is 4.48. The van der Waals surface area contributed by atoms with Gasteiger partial charge in [-0.05, 0) is 61.2 Å². The van der Waals surface area contributed by atoms with E-state index in [1.807, 2.05) is 12.1 Å². The molecule has 0 bridgehead atoms. The first-order valence-electron chi connectivity index (χ1n) is 8.45. The van der Waals surface area contributed by atoms with E-state index < -0.39 is 0 Å². The first-order valence-corrected chi connectivity index (χ1v) is 8.45. The molecule has 1 aliphatic rings. The van der Waals surface area contributed by atoms with E-state index in [-0.39, 0.29) is 24.8 Å². The summed E-state index contributed by atoms with van der Waals surface area (Å²) in [7, 11) is 1.62. The first-order chi connectivity index (χ1) is 12.1. The number of methoxy groups -OCH3 is 1. The lowest BCUT2D eigenvalue weighted by Crippen LogP contribution is -2.36. The van der Waals surface area contributed by atoms with Gasteiger partial charge >= 0.3 is 0 Å². The van der Waals surface area contributed by atoms with Crippen LogP contribution in [0.2, 0.25) is 0 Å². The van der Waals surface area contributed by atoms with Gasteiger partial charge in [0.05, 0.1) is 25.8 Å². The molecule has 0 spiro atoms. The van der Waals surface area contributed by atoms with E-state index in [4.69, 9.17) is 9.47 Å². The molecule has 0 atom stereocenters. The van der Waals surface area contributed by atoms with Gasteiger partial charge in [0, 0.05) is 6.54 Å². The minimum atomic E-state index is -0.309. The Bertz CT molecular complexity index is 758. The second kappa shape index (κ2) is 7.55. The van der Waals surface area contributed by atoms with Crippen molar-refractivity contribution in [2.75, 3.05) is 25.2 Å². The van der Waals surface area contributed by atoms with Crippen molar-refractivity contribution in [2.45, 2.75) is 26.2 Å². The average Bonchev–Trinajstić information content (AvgIpc) is 2.63. The summed E-state index contributed by atoms with van der Waals surface area (Å²) >= 11 is 0. The van der Waals surface area contributed by atoms with Crippen LogP contribution in [-0.4, -0.2) is 26.2 Å². The van der Waals surface area contributed by atoms with E-state index in [9.17, 15) is 9.18 Å². The third kappa shape index (κ3) is 3.76. The molecule has 3 rings (SSSR count). The van der Waals surface area contributed by atoms with E-state index in [0.29, 0.717) is 12.3 Å². The number of halogens is 1. The van der Waals surface area contributed by atoms with Crippen LogP contribution >= 0.6 is 0 Å². The quantitative estimate of drug-likeness (QED) is 0.827. The van der Waals surface area contributed by atoms with Gasteiger partial charge in [-0.3, -0.25) is 4.79 Å². The van der Waals surface area contributed by atoms with Crippen molar-refractivity contribution in [3.63, 3.8) is 0 Å².